The third-order valence-corrected chi connectivity index (χ3v) is 6.90. The van der Waals surface area contributed by atoms with Crippen molar-refractivity contribution in [2.75, 3.05) is 0 Å². The molecule has 0 aromatic heterocycles. The number of fused-ring (bicyclic) bond motifs is 1. The van der Waals surface area contributed by atoms with Crippen molar-refractivity contribution in [3.63, 3.8) is 0 Å². The molecule has 19 heavy (non-hydrogen) atoms. The van der Waals surface area contributed by atoms with Gasteiger partial charge in [0.1, 0.15) is 0 Å². The van der Waals surface area contributed by atoms with Gasteiger partial charge < -0.3 is 0 Å². The van der Waals surface area contributed by atoms with E-state index >= 15 is 0 Å². The molecule has 0 amide bonds. The van der Waals surface area contributed by atoms with Gasteiger partial charge in [0.15, 0.2) is 0 Å². The minimum atomic E-state index is -0.123. The summed E-state index contributed by atoms with van der Waals surface area (Å²) in [6.45, 7) is 2.28. The molecule has 1 aliphatic rings. The summed E-state index contributed by atoms with van der Waals surface area (Å²) in [5.41, 5.74) is 1.44. The first kappa shape index (κ1) is 14.9. The van der Waals surface area contributed by atoms with Crippen LogP contribution in [0.25, 0.3) is 6.08 Å². The molecule has 102 valence electrons. The molecule has 1 heterocycles. The topological polar surface area (TPSA) is 0 Å². The van der Waals surface area contributed by atoms with Crippen LogP contribution in [0.5, 0.6) is 0 Å². The van der Waals surface area contributed by atoms with E-state index < -0.39 is 0 Å². The van der Waals surface area contributed by atoms with Crippen molar-refractivity contribution in [3.8, 4) is 0 Å². The van der Waals surface area contributed by atoms with Crippen LogP contribution in [0.15, 0.2) is 40.0 Å². The van der Waals surface area contributed by atoms with Crippen molar-refractivity contribution in [2.45, 2.75) is 51.9 Å². The van der Waals surface area contributed by atoms with Crippen LogP contribution in [-0.2, 0) is 0 Å². The Morgan fingerprint density at radius 3 is 2.63 bits per heavy atom. The Morgan fingerprint density at radius 1 is 0.947 bits per heavy atom. The maximum atomic E-state index is 2.38. The van der Waals surface area contributed by atoms with Crippen LogP contribution in [0.1, 0.15) is 57.4 Å². The van der Waals surface area contributed by atoms with E-state index in [1.807, 2.05) is 0 Å². The van der Waals surface area contributed by atoms with Gasteiger partial charge >= 0.3 is 128 Å². The second-order valence-electron chi connectivity index (χ2n) is 5.15. The van der Waals surface area contributed by atoms with Crippen LogP contribution in [0.4, 0.5) is 0 Å². The predicted octanol–water partition coefficient (Wildman–Crippen LogP) is 4.68. The van der Waals surface area contributed by atoms with Crippen molar-refractivity contribution in [2.24, 2.45) is 0 Å². The zero-order valence-corrected chi connectivity index (χ0v) is 14.2. The third kappa shape index (κ3) is 5.17. The summed E-state index contributed by atoms with van der Waals surface area (Å²) in [6.07, 6.45) is 16.6. The number of hydrogen-bond donors (Lipinski definition) is 0. The van der Waals surface area contributed by atoms with Crippen LogP contribution in [0.2, 0.25) is 0 Å². The van der Waals surface area contributed by atoms with E-state index in [9.17, 15) is 0 Å². The number of allylic oxidation sites excluding steroid dienone is 3. The molecule has 0 N–H and O–H groups in total. The van der Waals surface area contributed by atoms with Crippen LogP contribution in [-0.4, -0.2) is 20.9 Å². The Bertz CT molecular complexity index is 443. The number of hydrogen-bond acceptors (Lipinski definition) is 0. The van der Waals surface area contributed by atoms with E-state index in [1.54, 1.807) is 7.23 Å². The van der Waals surface area contributed by atoms with Crippen LogP contribution in [0.3, 0.4) is 0 Å². The summed E-state index contributed by atoms with van der Waals surface area (Å²) in [5, 5.41) is 0. The zero-order valence-electron chi connectivity index (χ0n) is 11.9. The van der Waals surface area contributed by atoms with Crippen molar-refractivity contribution in [3.05, 3.63) is 45.6 Å². The Hall–Kier alpha value is -0.510. The molecule has 2 rings (SSSR count). The second kappa shape index (κ2) is 8.62. The number of rotatable bonds is 7. The molecule has 0 saturated heterocycles. The molecule has 1 heteroatoms. The summed E-state index contributed by atoms with van der Waals surface area (Å²) in [4.78, 5) is 0. The molecule has 0 fully saturated rings. The van der Waals surface area contributed by atoms with E-state index in [1.165, 1.54) is 50.5 Å². The van der Waals surface area contributed by atoms with Crippen molar-refractivity contribution in [1.29, 1.82) is 0 Å². The van der Waals surface area contributed by atoms with Gasteiger partial charge in [-0.25, -0.2) is 0 Å². The van der Waals surface area contributed by atoms with Crippen molar-refractivity contribution >= 4 is 30.6 Å². The average Bonchev–Trinajstić information content (AvgIpc) is 2.64. The molecule has 0 nitrogen and oxygen atoms in total. The standard InChI is InChI=1S/C18H24Te/c1-2-3-4-5-6-7-13-17-14-10-12-16-11-8-9-15-18(16)19-17/h8-12,14-15H,2-7,13H2,1H3. The minimum absolute atomic E-state index is 0.123. The fraction of sp³-hybridized carbons (Fsp3) is 0.444. The summed E-state index contributed by atoms with van der Waals surface area (Å²) in [7, 11) is 0. The summed E-state index contributed by atoms with van der Waals surface area (Å²) in [6, 6.07) is 8.90. The molecular formula is C18H24Te. The monoisotopic (exact) mass is 370 g/mol. The molecule has 0 saturated carbocycles. The molecule has 1 aromatic carbocycles. The Balaban J connectivity index is 1.77. The average molecular weight is 368 g/mol. The SMILES string of the molecule is CCCCCCCCC1=CC=Cc2ccccc2[Te]1. The third-order valence-electron chi connectivity index (χ3n) is 3.49. The first-order valence-corrected chi connectivity index (χ1v) is 9.87. The first-order valence-electron chi connectivity index (χ1n) is 7.54. The van der Waals surface area contributed by atoms with Gasteiger partial charge in [-0.1, -0.05) is 0 Å². The van der Waals surface area contributed by atoms with Crippen molar-refractivity contribution < 1.29 is 0 Å². The first-order chi connectivity index (χ1) is 9.40. The number of benzene rings is 1. The zero-order chi connectivity index (χ0) is 13.3. The molecule has 0 spiro atoms. The van der Waals surface area contributed by atoms with Crippen LogP contribution in [0, 0.1) is 0 Å². The van der Waals surface area contributed by atoms with E-state index in [0.29, 0.717) is 0 Å². The molecule has 0 bridgehead atoms. The van der Waals surface area contributed by atoms with Gasteiger partial charge in [-0.3, -0.25) is 0 Å². The molecular weight excluding hydrogens is 344 g/mol. The second-order valence-corrected chi connectivity index (χ2v) is 8.48. The predicted molar refractivity (Wildman–Crippen MR) is 86.9 cm³/mol. The van der Waals surface area contributed by atoms with Gasteiger partial charge in [0, 0.05) is 0 Å². The van der Waals surface area contributed by atoms with Crippen molar-refractivity contribution in [1.82, 2.24) is 0 Å². The van der Waals surface area contributed by atoms with Gasteiger partial charge in [0.05, 0.1) is 0 Å². The van der Waals surface area contributed by atoms with Gasteiger partial charge in [0.25, 0.3) is 0 Å². The number of unbranched alkanes of at least 4 members (excludes halogenated alkanes) is 5. The molecule has 0 unspecified atom stereocenters. The van der Waals surface area contributed by atoms with Crippen LogP contribution >= 0.6 is 0 Å². The maximum absolute atomic E-state index is 2.38. The molecule has 0 radical (unpaired) electrons. The van der Waals surface area contributed by atoms with Crippen LogP contribution < -0.4 is 3.61 Å². The molecule has 1 aliphatic heterocycles. The van der Waals surface area contributed by atoms with E-state index in [2.05, 4.69) is 49.4 Å². The Labute approximate surface area is 128 Å². The van der Waals surface area contributed by atoms with E-state index in [4.69, 9.17) is 0 Å². The van der Waals surface area contributed by atoms with Gasteiger partial charge in [-0.2, -0.15) is 0 Å². The van der Waals surface area contributed by atoms with Gasteiger partial charge in [-0.15, -0.1) is 0 Å². The van der Waals surface area contributed by atoms with Gasteiger partial charge in [-0.05, 0) is 0 Å². The van der Waals surface area contributed by atoms with E-state index in [-0.39, 0.29) is 20.9 Å². The fourth-order valence-electron chi connectivity index (χ4n) is 2.36. The summed E-state index contributed by atoms with van der Waals surface area (Å²) >= 11 is -0.123. The quantitative estimate of drug-likeness (QED) is 0.485. The molecule has 0 aliphatic carbocycles. The van der Waals surface area contributed by atoms with Gasteiger partial charge in [0.2, 0.25) is 0 Å². The summed E-state index contributed by atoms with van der Waals surface area (Å²) < 4.78 is 3.33. The Morgan fingerprint density at radius 2 is 1.74 bits per heavy atom. The fourth-order valence-corrected chi connectivity index (χ4v) is 5.43. The summed E-state index contributed by atoms with van der Waals surface area (Å²) in [5.74, 6) is 0. The van der Waals surface area contributed by atoms with E-state index in [0.717, 1.165) is 0 Å². The molecule has 1 aromatic rings. The molecule has 0 atom stereocenters. The Kier molecular flexibility index (Phi) is 6.75. The normalized spacial score (nSPS) is 13.8.